The highest BCUT2D eigenvalue weighted by Crippen LogP contribution is 2.24. The average molecular weight is 276 g/mol. The van der Waals surface area contributed by atoms with Crippen molar-refractivity contribution in [2.45, 2.75) is 19.8 Å². The number of ether oxygens (including phenoxy) is 1. The number of nitrogens with two attached hydrogens (primary N) is 1. The van der Waals surface area contributed by atoms with Crippen molar-refractivity contribution in [3.05, 3.63) is 35.9 Å². The number of nitrogens with zero attached hydrogens (tertiary/aromatic N) is 2. The monoisotopic (exact) mass is 276 g/mol. The van der Waals surface area contributed by atoms with Crippen LogP contribution in [0.15, 0.2) is 24.3 Å². The summed E-state index contributed by atoms with van der Waals surface area (Å²) in [6.45, 7) is 2.05. The number of hydrogen-bond acceptors (Lipinski definition) is 5. The Labute approximate surface area is 117 Å². The van der Waals surface area contributed by atoms with E-state index in [4.69, 9.17) is 10.5 Å². The Morgan fingerprint density at radius 2 is 2.10 bits per heavy atom. The Bertz CT molecular complexity index is 604. The van der Waals surface area contributed by atoms with Gasteiger partial charge in [-0.25, -0.2) is 14.4 Å². The number of benzene rings is 1. The second-order valence-electron chi connectivity index (χ2n) is 4.32. The van der Waals surface area contributed by atoms with Crippen LogP contribution in [0.2, 0.25) is 0 Å². The van der Waals surface area contributed by atoms with Crippen LogP contribution in [0, 0.1) is 5.82 Å². The third-order valence-electron chi connectivity index (χ3n) is 2.69. The molecule has 0 amide bonds. The van der Waals surface area contributed by atoms with E-state index in [1.54, 1.807) is 18.2 Å². The maximum absolute atomic E-state index is 13.3. The summed E-state index contributed by atoms with van der Waals surface area (Å²) >= 11 is 0. The van der Waals surface area contributed by atoms with Gasteiger partial charge in [-0.05, 0) is 18.6 Å². The van der Waals surface area contributed by atoms with Gasteiger partial charge in [0.15, 0.2) is 11.6 Å². The Morgan fingerprint density at radius 3 is 2.80 bits per heavy atom. The van der Waals surface area contributed by atoms with Crippen molar-refractivity contribution in [3.8, 4) is 5.75 Å². The summed E-state index contributed by atoms with van der Waals surface area (Å²) in [6.07, 6.45) is 1.69. The van der Waals surface area contributed by atoms with Crippen LogP contribution in [0.5, 0.6) is 5.75 Å². The minimum atomic E-state index is -0.410. The Morgan fingerprint density at radius 1 is 1.30 bits per heavy atom. The molecule has 1 heterocycles. The van der Waals surface area contributed by atoms with Crippen LogP contribution < -0.4 is 15.8 Å². The second kappa shape index (κ2) is 6.18. The van der Waals surface area contributed by atoms with Crippen molar-refractivity contribution in [1.82, 2.24) is 9.97 Å². The van der Waals surface area contributed by atoms with Gasteiger partial charge in [0.2, 0.25) is 0 Å². The first kappa shape index (κ1) is 14.0. The molecular formula is C14H17FN4O. The van der Waals surface area contributed by atoms with Crippen molar-refractivity contribution in [1.29, 1.82) is 0 Å². The van der Waals surface area contributed by atoms with Crippen LogP contribution in [-0.4, -0.2) is 17.1 Å². The SMILES string of the molecule is CCCc1nc(N)cc(Nc2ccc(F)c(OC)c2)n1. The van der Waals surface area contributed by atoms with E-state index in [1.807, 2.05) is 6.92 Å². The molecule has 2 aromatic rings. The standard InChI is InChI=1S/C14H17FN4O/c1-3-4-13-18-12(16)8-14(19-13)17-9-5-6-10(15)11(7-9)20-2/h5-8H,3-4H2,1-2H3,(H3,16,17,18,19). The molecular weight excluding hydrogens is 259 g/mol. The predicted molar refractivity (Wildman–Crippen MR) is 76.7 cm³/mol. The fraction of sp³-hybridized carbons (Fsp3) is 0.286. The number of hydrogen-bond donors (Lipinski definition) is 2. The molecule has 0 unspecified atom stereocenters. The van der Waals surface area contributed by atoms with Crippen LogP contribution in [0.3, 0.4) is 0 Å². The molecule has 0 aliphatic heterocycles. The summed E-state index contributed by atoms with van der Waals surface area (Å²) in [4.78, 5) is 8.51. The van der Waals surface area contributed by atoms with Crippen LogP contribution >= 0.6 is 0 Å². The average Bonchev–Trinajstić information content (AvgIpc) is 2.40. The predicted octanol–water partition coefficient (Wildman–Crippen LogP) is 2.90. The minimum Gasteiger partial charge on any atom is -0.494 e. The van der Waals surface area contributed by atoms with E-state index in [-0.39, 0.29) is 5.75 Å². The van der Waals surface area contributed by atoms with Gasteiger partial charge in [0, 0.05) is 24.2 Å². The van der Waals surface area contributed by atoms with Crippen LogP contribution in [0.4, 0.5) is 21.7 Å². The normalized spacial score (nSPS) is 10.3. The Kier molecular flexibility index (Phi) is 4.34. The van der Waals surface area contributed by atoms with E-state index in [1.165, 1.54) is 13.2 Å². The van der Waals surface area contributed by atoms with Gasteiger partial charge >= 0.3 is 0 Å². The number of nitrogens with one attached hydrogen (secondary N) is 1. The van der Waals surface area contributed by atoms with Gasteiger partial charge < -0.3 is 15.8 Å². The van der Waals surface area contributed by atoms with E-state index in [2.05, 4.69) is 15.3 Å². The molecule has 0 saturated carbocycles. The summed E-state index contributed by atoms with van der Waals surface area (Å²) in [7, 11) is 1.42. The molecule has 0 atom stereocenters. The zero-order valence-electron chi connectivity index (χ0n) is 11.5. The number of aryl methyl sites for hydroxylation is 1. The molecule has 6 heteroatoms. The van der Waals surface area contributed by atoms with Crippen molar-refractivity contribution in [2.75, 3.05) is 18.2 Å². The number of nitrogen functional groups attached to an aromatic ring is 1. The minimum absolute atomic E-state index is 0.172. The number of anilines is 3. The molecule has 106 valence electrons. The highest BCUT2D eigenvalue weighted by molar-refractivity contribution is 5.60. The van der Waals surface area contributed by atoms with Gasteiger partial charge in [-0.15, -0.1) is 0 Å². The van der Waals surface area contributed by atoms with Gasteiger partial charge in [0.05, 0.1) is 7.11 Å². The number of halogens is 1. The first-order valence-electron chi connectivity index (χ1n) is 6.36. The van der Waals surface area contributed by atoms with Gasteiger partial charge in [0.25, 0.3) is 0 Å². The van der Waals surface area contributed by atoms with Gasteiger partial charge in [-0.3, -0.25) is 0 Å². The largest absolute Gasteiger partial charge is 0.494 e. The highest BCUT2D eigenvalue weighted by Gasteiger charge is 2.06. The van der Waals surface area contributed by atoms with Crippen molar-refractivity contribution < 1.29 is 9.13 Å². The van der Waals surface area contributed by atoms with Gasteiger partial charge in [-0.2, -0.15) is 0 Å². The number of rotatable bonds is 5. The summed E-state index contributed by atoms with van der Waals surface area (Å²) in [5.41, 5.74) is 6.42. The Balaban J connectivity index is 2.25. The Hall–Kier alpha value is -2.37. The molecule has 0 radical (unpaired) electrons. The van der Waals surface area contributed by atoms with Crippen molar-refractivity contribution in [3.63, 3.8) is 0 Å². The molecule has 3 N–H and O–H groups in total. The van der Waals surface area contributed by atoms with E-state index in [0.29, 0.717) is 23.1 Å². The van der Waals surface area contributed by atoms with Crippen molar-refractivity contribution >= 4 is 17.3 Å². The lowest BCUT2D eigenvalue weighted by Crippen LogP contribution is -2.03. The lowest BCUT2D eigenvalue weighted by molar-refractivity contribution is 0.387. The van der Waals surface area contributed by atoms with Gasteiger partial charge in [0.1, 0.15) is 17.5 Å². The molecule has 1 aromatic heterocycles. The smallest absolute Gasteiger partial charge is 0.165 e. The molecule has 0 saturated heterocycles. The van der Waals surface area contributed by atoms with Gasteiger partial charge in [-0.1, -0.05) is 6.92 Å². The fourth-order valence-electron chi connectivity index (χ4n) is 1.80. The molecule has 0 spiro atoms. The number of methoxy groups -OCH3 is 1. The maximum Gasteiger partial charge on any atom is 0.165 e. The molecule has 2 rings (SSSR count). The quantitative estimate of drug-likeness (QED) is 0.878. The molecule has 0 aliphatic rings. The van der Waals surface area contributed by atoms with E-state index in [0.717, 1.165) is 12.8 Å². The topological polar surface area (TPSA) is 73.1 Å². The summed E-state index contributed by atoms with van der Waals surface area (Å²) in [6, 6.07) is 6.14. The number of aromatic nitrogens is 2. The highest BCUT2D eigenvalue weighted by atomic mass is 19.1. The van der Waals surface area contributed by atoms with Crippen LogP contribution in [0.25, 0.3) is 0 Å². The molecule has 0 fully saturated rings. The van der Waals surface area contributed by atoms with Crippen LogP contribution in [0.1, 0.15) is 19.2 Å². The zero-order valence-corrected chi connectivity index (χ0v) is 11.5. The first-order valence-corrected chi connectivity index (χ1v) is 6.36. The zero-order chi connectivity index (χ0) is 14.5. The first-order chi connectivity index (χ1) is 9.62. The summed E-state index contributed by atoms with van der Waals surface area (Å²) < 4.78 is 18.3. The fourth-order valence-corrected chi connectivity index (χ4v) is 1.80. The van der Waals surface area contributed by atoms with E-state index >= 15 is 0 Å². The lowest BCUT2D eigenvalue weighted by atomic mass is 10.3. The van der Waals surface area contributed by atoms with E-state index < -0.39 is 5.82 Å². The third-order valence-corrected chi connectivity index (χ3v) is 2.69. The van der Waals surface area contributed by atoms with E-state index in [9.17, 15) is 4.39 Å². The molecule has 5 nitrogen and oxygen atoms in total. The lowest BCUT2D eigenvalue weighted by Gasteiger charge is -2.09. The molecule has 0 aliphatic carbocycles. The molecule has 0 bridgehead atoms. The summed E-state index contributed by atoms with van der Waals surface area (Å²) in [5, 5.41) is 3.07. The van der Waals surface area contributed by atoms with Crippen LogP contribution in [-0.2, 0) is 6.42 Å². The van der Waals surface area contributed by atoms with Crippen molar-refractivity contribution in [2.24, 2.45) is 0 Å². The summed E-state index contributed by atoms with van der Waals surface area (Å²) in [5.74, 6) is 1.43. The second-order valence-corrected chi connectivity index (χ2v) is 4.32. The third kappa shape index (κ3) is 3.34. The maximum atomic E-state index is 13.3. The molecule has 20 heavy (non-hydrogen) atoms. The molecule has 1 aromatic carbocycles.